The summed E-state index contributed by atoms with van der Waals surface area (Å²) in [5.41, 5.74) is 4.70. The van der Waals surface area contributed by atoms with Crippen molar-refractivity contribution < 1.29 is 10.0 Å². The van der Waals surface area contributed by atoms with E-state index in [1.54, 1.807) is 13.8 Å². The summed E-state index contributed by atoms with van der Waals surface area (Å²) < 4.78 is 0. The van der Waals surface area contributed by atoms with E-state index in [1.807, 2.05) is 4.90 Å². The molecule has 108 valence electrons. The molecule has 2 rings (SSSR count). The molecule has 2 unspecified atom stereocenters. The molecule has 2 atom stereocenters. The first-order valence-corrected chi connectivity index (χ1v) is 6.91. The zero-order valence-electron chi connectivity index (χ0n) is 12.0. The lowest BCUT2D eigenvalue weighted by Crippen LogP contribution is -2.60. The highest BCUT2D eigenvalue weighted by molar-refractivity contribution is 6.06. The normalized spacial score (nSPS) is 29.4. The van der Waals surface area contributed by atoms with Crippen molar-refractivity contribution in [1.29, 1.82) is 0 Å². The number of amides is 1. The first kappa shape index (κ1) is 14.1. The van der Waals surface area contributed by atoms with Crippen LogP contribution in [0.4, 0.5) is 0 Å². The van der Waals surface area contributed by atoms with E-state index in [2.05, 4.69) is 17.0 Å². The van der Waals surface area contributed by atoms with E-state index in [0.717, 1.165) is 26.1 Å². The quantitative estimate of drug-likeness (QED) is 0.330. The van der Waals surface area contributed by atoms with E-state index in [4.69, 9.17) is 10.9 Å². The largest absolute Gasteiger partial charge is 0.409 e. The topological polar surface area (TPSA) is 82.2 Å². The van der Waals surface area contributed by atoms with Crippen molar-refractivity contribution in [2.24, 2.45) is 16.3 Å². The van der Waals surface area contributed by atoms with Crippen LogP contribution in [-0.4, -0.2) is 58.5 Å². The Morgan fingerprint density at radius 3 is 2.74 bits per heavy atom. The number of hydrogen-bond donors (Lipinski definition) is 2. The maximum Gasteiger partial charge on any atom is 0.236 e. The van der Waals surface area contributed by atoms with Gasteiger partial charge in [-0.1, -0.05) is 5.16 Å². The van der Waals surface area contributed by atoms with Gasteiger partial charge >= 0.3 is 0 Å². The molecule has 2 saturated heterocycles. The molecule has 0 aromatic carbocycles. The fraction of sp³-hybridized carbons (Fsp3) is 0.846. The molecule has 19 heavy (non-hydrogen) atoms. The zero-order valence-corrected chi connectivity index (χ0v) is 12.0. The molecule has 0 bridgehead atoms. The molecule has 0 aromatic heterocycles. The second kappa shape index (κ2) is 5.00. The van der Waals surface area contributed by atoms with Gasteiger partial charge in [0, 0.05) is 25.2 Å². The van der Waals surface area contributed by atoms with Crippen LogP contribution in [0.15, 0.2) is 5.16 Å². The van der Waals surface area contributed by atoms with Gasteiger partial charge in [-0.05, 0) is 40.2 Å². The predicted molar refractivity (Wildman–Crippen MR) is 73.0 cm³/mol. The van der Waals surface area contributed by atoms with Gasteiger partial charge in [-0.2, -0.15) is 0 Å². The SMILES string of the molecule is CC1CN2CCCC2CN1C(=O)C(C)(C)C(N)=NO. The van der Waals surface area contributed by atoms with Crippen molar-refractivity contribution in [2.75, 3.05) is 19.6 Å². The predicted octanol–water partition coefficient (Wildman–Crippen LogP) is 0.454. The second-order valence-corrected chi connectivity index (χ2v) is 6.21. The molecule has 0 saturated carbocycles. The molecule has 2 fully saturated rings. The lowest BCUT2D eigenvalue weighted by molar-refractivity contribution is -0.142. The lowest BCUT2D eigenvalue weighted by Gasteiger charge is -2.44. The summed E-state index contributed by atoms with van der Waals surface area (Å²) in [6.45, 7) is 8.29. The molecular formula is C13H24N4O2. The molecule has 0 aliphatic carbocycles. The Bertz CT molecular complexity index is 394. The summed E-state index contributed by atoms with van der Waals surface area (Å²) in [7, 11) is 0. The maximum absolute atomic E-state index is 12.7. The molecule has 0 spiro atoms. The van der Waals surface area contributed by atoms with Crippen LogP contribution in [0.3, 0.4) is 0 Å². The van der Waals surface area contributed by atoms with Crippen molar-refractivity contribution in [2.45, 2.75) is 45.7 Å². The summed E-state index contributed by atoms with van der Waals surface area (Å²) in [4.78, 5) is 17.0. The fourth-order valence-electron chi connectivity index (χ4n) is 3.06. The molecular weight excluding hydrogens is 244 g/mol. The van der Waals surface area contributed by atoms with Crippen LogP contribution in [0, 0.1) is 5.41 Å². The molecule has 6 heteroatoms. The molecule has 6 nitrogen and oxygen atoms in total. The molecule has 0 aromatic rings. The number of hydrogen-bond acceptors (Lipinski definition) is 4. The monoisotopic (exact) mass is 268 g/mol. The number of oxime groups is 1. The number of nitrogens with two attached hydrogens (primary N) is 1. The number of piperazine rings is 1. The van der Waals surface area contributed by atoms with Gasteiger partial charge < -0.3 is 15.8 Å². The minimum Gasteiger partial charge on any atom is -0.409 e. The Morgan fingerprint density at radius 1 is 1.42 bits per heavy atom. The Balaban J connectivity index is 2.14. The number of nitrogens with zero attached hydrogens (tertiary/aromatic N) is 3. The first-order chi connectivity index (χ1) is 8.87. The third kappa shape index (κ3) is 2.41. The van der Waals surface area contributed by atoms with Crippen molar-refractivity contribution in [3.63, 3.8) is 0 Å². The first-order valence-electron chi connectivity index (χ1n) is 6.91. The van der Waals surface area contributed by atoms with Crippen molar-refractivity contribution in [3.8, 4) is 0 Å². The van der Waals surface area contributed by atoms with Crippen LogP contribution in [0.25, 0.3) is 0 Å². The van der Waals surface area contributed by atoms with Crippen molar-refractivity contribution in [3.05, 3.63) is 0 Å². The van der Waals surface area contributed by atoms with Crippen molar-refractivity contribution in [1.82, 2.24) is 9.80 Å². The maximum atomic E-state index is 12.7. The fourth-order valence-corrected chi connectivity index (χ4v) is 3.06. The van der Waals surface area contributed by atoms with Crippen LogP contribution in [-0.2, 0) is 4.79 Å². The number of carbonyl (C=O) groups is 1. The second-order valence-electron chi connectivity index (χ2n) is 6.21. The average Bonchev–Trinajstić information content (AvgIpc) is 2.82. The van der Waals surface area contributed by atoms with Crippen LogP contribution in [0.2, 0.25) is 0 Å². The molecule has 2 aliphatic heterocycles. The third-order valence-corrected chi connectivity index (χ3v) is 4.48. The minimum atomic E-state index is -0.955. The third-order valence-electron chi connectivity index (χ3n) is 4.48. The van der Waals surface area contributed by atoms with E-state index in [-0.39, 0.29) is 17.8 Å². The number of amidine groups is 1. The van der Waals surface area contributed by atoms with Gasteiger partial charge in [-0.25, -0.2) is 0 Å². The summed E-state index contributed by atoms with van der Waals surface area (Å²) >= 11 is 0. The number of rotatable bonds is 2. The van der Waals surface area contributed by atoms with Gasteiger partial charge in [-0.3, -0.25) is 9.69 Å². The van der Waals surface area contributed by atoms with Crippen LogP contribution >= 0.6 is 0 Å². The van der Waals surface area contributed by atoms with Gasteiger partial charge in [0.05, 0.1) is 0 Å². The highest BCUT2D eigenvalue weighted by Crippen LogP contribution is 2.28. The van der Waals surface area contributed by atoms with Gasteiger partial charge in [-0.15, -0.1) is 0 Å². The Labute approximate surface area is 114 Å². The zero-order chi connectivity index (χ0) is 14.2. The van der Waals surface area contributed by atoms with Crippen LogP contribution < -0.4 is 5.73 Å². The summed E-state index contributed by atoms with van der Waals surface area (Å²) in [6, 6.07) is 0.649. The average molecular weight is 268 g/mol. The number of fused-ring (bicyclic) bond motifs is 1. The van der Waals surface area contributed by atoms with Gasteiger partial charge in [0.2, 0.25) is 5.91 Å². The lowest BCUT2D eigenvalue weighted by atomic mass is 9.88. The van der Waals surface area contributed by atoms with E-state index in [0.29, 0.717) is 6.04 Å². The van der Waals surface area contributed by atoms with Crippen LogP contribution in [0.1, 0.15) is 33.6 Å². The summed E-state index contributed by atoms with van der Waals surface area (Å²) in [5.74, 6) is -0.0830. The van der Waals surface area contributed by atoms with E-state index < -0.39 is 5.41 Å². The highest BCUT2D eigenvalue weighted by Gasteiger charge is 2.43. The van der Waals surface area contributed by atoms with Crippen LogP contribution in [0.5, 0.6) is 0 Å². The van der Waals surface area contributed by atoms with E-state index >= 15 is 0 Å². The Hall–Kier alpha value is -1.30. The van der Waals surface area contributed by atoms with E-state index in [9.17, 15) is 4.79 Å². The molecule has 1 amide bonds. The summed E-state index contributed by atoms with van der Waals surface area (Å²) in [5, 5.41) is 11.8. The Kier molecular flexibility index (Phi) is 3.71. The number of carbonyl (C=O) groups excluding carboxylic acids is 1. The molecule has 2 heterocycles. The Morgan fingerprint density at radius 2 is 2.11 bits per heavy atom. The molecule has 2 aliphatic rings. The van der Waals surface area contributed by atoms with E-state index in [1.165, 1.54) is 6.42 Å². The standard InChI is InChI=1S/C13H24N4O2/c1-9-7-16-6-4-5-10(16)8-17(9)12(18)13(2,3)11(14)15-19/h9-10,19H,4-8H2,1-3H3,(H2,14,15). The molecule has 3 N–H and O–H groups in total. The smallest absolute Gasteiger partial charge is 0.236 e. The van der Waals surface area contributed by atoms with Crippen molar-refractivity contribution >= 4 is 11.7 Å². The van der Waals surface area contributed by atoms with Gasteiger partial charge in [0.25, 0.3) is 0 Å². The molecule has 0 radical (unpaired) electrons. The van der Waals surface area contributed by atoms with Gasteiger partial charge in [0.15, 0.2) is 5.84 Å². The summed E-state index contributed by atoms with van der Waals surface area (Å²) in [6.07, 6.45) is 2.36. The highest BCUT2D eigenvalue weighted by atomic mass is 16.4. The van der Waals surface area contributed by atoms with Gasteiger partial charge in [0.1, 0.15) is 5.41 Å². The minimum absolute atomic E-state index is 0.0291.